The lowest BCUT2D eigenvalue weighted by Gasteiger charge is -2.32. The minimum absolute atomic E-state index is 0.0559. The summed E-state index contributed by atoms with van der Waals surface area (Å²) in [5, 5.41) is 3.51. The molecule has 0 radical (unpaired) electrons. The van der Waals surface area contributed by atoms with E-state index in [2.05, 4.69) is 37.9 Å². The average molecular weight is 296 g/mol. The van der Waals surface area contributed by atoms with E-state index in [9.17, 15) is 4.79 Å². The molecule has 0 amide bonds. The Morgan fingerprint density at radius 1 is 1.38 bits per heavy atom. The molecule has 4 nitrogen and oxygen atoms in total. The topological polar surface area (TPSA) is 41.6 Å². The van der Waals surface area contributed by atoms with Crippen molar-refractivity contribution in [1.82, 2.24) is 10.2 Å². The standard InChI is InChI=1S/C17H32N2O2/c1-6-21-15(20)17(18-13(2)3)8-7-14(11-17)19-10-9-16(4,5)12-19/h13-14,18H,6-12H2,1-5H3. The van der Waals surface area contributed by atoms with Crippen LogP contribution in [0.5, 0.6) is 0 Å². The van der Waals surface area contributed by atoms with E-state index < -0.39 is 5.54 Å². The van der Waals surface area contributed by atoms with E-state index in [4.69, 9.17) is 4.74 Å². The van der Waals surface area contributed by atoms with Gasteiger partial charge in [-0.3, -0.25) is 15.0 Å². The molecule has 0 spiro atoms. The highest BCUT2D eigenvalue weighted by molar-refractivity contribution is 5.81. The van der Waals surface area contributed by atoms with Crippen LogP contribution in [0.1, 0.15) is 60.3 Å². The lowest BCUT2D eigenvalue weighted by molar-refractivity contribution is -0.151. The summed E-state index contributed by atoms with van der Waals surface area (Å²) >= 11 is 0. The molecule has 0 aromatic heterocycles. The smallest absolute Gasteiger partial charge is 0.326 e. The van der Waals surface area contributed by atoms with Gasteiger partial charge in [0.15, 0.2) is 0 Å². The Morgan fingerprint density at radius 3 is 2.62 bits per heavy atom. The number of carbonyl (C=O) groups is 1. The number of esters is 1. The molecule has 1 heterocycles. The Kier molecular flexibility index (Phi) is 4.99. The highest BCUT2D eigenvalue weighted by Crippen LogP contribution is 2.39. The first kappa shape index (κ1) is 16.8. The quantitative estimate of drug-likeness (QED) is 0.792. The molecule has 4 heteroatoms. The van der Waals surface area contributed by atoms with E-state index in [1.807, 2.05) is 6.92 Å². The van der Waals surface area contributed by atoms with Crippen molar-refractivity contribution in [2.45, 2.75) is 77.9 Å². The zero-order valence-electron chi connectivity index (χ0n) is 14.4. The molecule has 0 aromatic rings. The molecule has 21 heavy (non-hydrogen) atoms. The van der Waals surface area contributed by atoms with Crippen LogP contribution in [0.15, 0.2) is 0 Å². The van der Waals surface area contributed by atoms with Gasteiger partial charge in [-0.25, -0.2) is 0 Å². The van der Waals surface area contributed by atoms with Crippen LogP contribution in [0.25, 0.3) is 0 Å². The molecule has 0 bridgehead atoms. The summed E-state index contributed by atoms with van der Waals surface area (Å²) in [5.41, 5.74) is -0.0533. The maximum absolute atomic E-state index is 12.5. The molecule has 1 aliphatic carbocycles. The molecule has 2 atom stereocenters. The number of nitrogens with zero attached hydrogens (tertiary/aromatic N) is 1. The number of hydrogen-bond donors (Lipinski definition) is 1. The molecular weight excluding hydrogens is 264 g/mol. The molecular formula is C17H32N2O2. The third-order valence-corrected chi connectivity index (χ3v) is 4.94. The number of nitrogens with one attached hydrogen (secondary N) is 1. The summed E-state index contributed by atoms with van der Waals surface area (Å²) < 4.78 is 5.36. The van der Waals surface area contributed by atoms with Crippen molar-refractivity contribution in [1.29, 1.82) is 0 Å². The number of rotatable bonds is 5. The normalized spacial score (nSPS) is 32.8. The third kappa shape index (κ3) is 3.78. The summed E-state index contributed by atoms with van der Waals surface area (Å²) in [7, 11) is 0. The third-order valence-electron chi connectivity index (χ3n) is 4.94. The molecule has 0 aromatic carbocycles. The van der Waals surface area contributed by atoms with E-state index in [-0.39, 0.29) is 5.97 Å². The van der Waals surface area contributed by atoms with Crippen LogP contribution >= 0.6 is 0 Å². The van der Waals surface area contributed by atoms with Crippen LogP contribution in [0.3, 0.4) is 0 Å². The van der Waals surface area contributed by atoms with Gasteiger partial charge >= 0.3 is 5.97 Å². The fraction of sp³-hybridized carbons (Fsp3) is 0.941. The number of carbonyl (C=O) groups excluding carboxylic acids is 1. The highest BCUT2D eigenvalue weighted by atomic mass is 16.5. The van der Waals surface area contributed by atoms with Gasteiger partial charge < -0.3 is 4.74 Å². The van der Waals surface area contributed by atoms with Crippen LogP contribution in [0, 0.1) is 5.41 Å². The maximum atomic E-state index is 12.5. The van der Waals surface area contributed by atoms with Crippen molar-refractivity contribution >= 4 is 5.97 Å². The largest absolute Gasteiger partial charge is 0.465 e. The predicted octanol–water partition coefficient (Wildman–Crippen LogP) is 2.57. The van der Waals surface area contributed by atoms with Crippen molar-refractivity contribution in [3.8, 4) is 0 Å². The molecule has 1 saturated carbocycles. The Morgan fingerprint density at radius 2 is 2.10 bits per heavy atom. The van der Waals surface area contributed by atoms with E-state index in [1.165, 1.54) is 6.42 Å². The van der Waals surface area contributed by atoms with Gasteiger partial charge in [-0.05, 0) is 58.4 Å². The number of ether oxygens (including phenoxy) is 1. The van der Waals surface area contributed by atoms with Crippen molar-refractivity contribution < 1.29 is 9.53 Å². The van der Waals surface area contributed by atoms with Gasteiger partial charge in [-0.15, -0.1) is 0 Å². The summed E-state index contributed by atoms with van der Waals surface area (Å²) in [5.74, 6) is -0.0559. The molecule has 2 unspecified atom stereocenters. The van der Waals surface area contributed by atoms with Crippen molar-refractivity contribution in [3.63, 3.8) is 0 Å². The molecule has 1 aliphatic heterocycles. The van der Waals surface area contributed by atoms with Crippen LogP contribution < -0.4 is 5.32 Å². The number of likely N-dealkylation sites (tertiary alicyclic amines) is 1. The summed E-state index contributed by atoms with van der Waals surface area (Å²) in [6.45, 7) is 13.6. The second kappa shape index (κ2) is 6.25. The fourth-order valence-corrected chi connectivity index (χ4v) is 3.99. The lowest BCUT2D eigenvalue weighted by atomic mass is 9.93. The van der Waals surface area contributed by atoms with Crippen molar-refractivity contribution in [2.24, 2.45) is 5.41 Å². The monoisotopic (exact) mass is 296 g/mol. The zero-order chi connectivity index (χ0) is 15.7. The van der Waals surface area contributed by atoms with E-state index in [0.717, 1.165) is 32.4 Å². The SMILES string of the molecule is CCOC(=O)C1(NC(C)C)CCC(N2CCC(C)(C)C2)C1. The van der Waals surface area contributed by atoms with E-state index >= 15 is 0 Å². The van der Waals surface area contributed by atoms with Crippen molar-refractivity contribution in [3.05, 3.63) is 0 Å². The predicted molar refractivity (Wildman–Crippen MR) is 85.2 cm³/mol. The maximum Gasteiger partial charge on any atom is 0.326 e. The van der Waals surface area contributed by atoms with Crippen LogP contribution in [-0.2, 0) is 9.53 Å². The second-order valence-electron chi connectivity index (χ2n) is 7.88. The highest BCUT2D eigenvalue weighted by Gasteiger charge is 2.49. The van der Waals surface area contributed by atoms with E-state index in [0.29, 0.717) is 24.1 Å². The Hall–Kier alpha value is -0.610. The van der Waals surface area contributed by atoms with Gasteiger partial charge in [0.2, 0.25) is 0 Å². The van der Waals surface area contributed by atoms with Gasteiger partial charge in [-0.1, -0.05) is 13.8 Å². The molecule has 1 N–H and O–H groups in total. The first-order valence-corrected chi connectivity index (χ1v) is 8.47. The zero-order valence-corrected chi connectivity index (χ0v) is 14.4. The molecule has 2 aliphatic rings. The van der Waals surface area contributed by atoms with Crippen LogP contribution in [0.2, 0.25) is 0 Å². The molecule has 2 fully saturated rings. The Balaban J connectivity index is 2.06. The number of hydrogen-bond acceptors (Lipinski definition) is 4. The molecule has 1 saturated heterocycles. The van der Waals surface area contributed by atoms with Gasteiger partial charge in [-0.2, -0.15) is 0 Å². The van der Waals surface area contributed by atoms with Gasteiger partial charge in [0.05, 0.1) is 6.61 Å². The first-order chi connectivity index (χ1) is 9.78. The van der Waals surface area contributed by atoms with E-state index in [1.54, 1.807) is 0 Å². The summed E-state index contributed by atoms with van der Waals surface area (Å²) in [6.07, 6.45) is 4.13. The van der Waals surface area contributed by atoms with Crippen LogP contribution in [-0.4, -0.2) is 48.2 Å². The van der Waals surface area contributed by atoms with Gasteiger partial charge in [0.1, 0.15) is 5.54 Å². The molecule has 122 valence electrons. The Labute approximate surface area is 129 Å². The lowest BCUT2D eigenvalue weighted by Crippen LogP contribution is -2.54. The average Bonchev–Trinajstić information content (AvgIpc) is 2.93. The second-order valence-corrected chi connectivity index (χ2v) is 7.88. The fourth-order valence-electron chi connectivity index (χ4n) is 3.99. The van der Waals surface area contributed by atoms with Gasteiger partial charge in [0, 0.05) is 18.6 Å². The first-order valence-electron chi connectivity index (χ1n) is 8.47. The minimum atomic E-state index is -0.471. The van der Waals surface area contributed by atoms with Crippen molar-refractivity contribution in [2.75, 3.05) is 19.7 Å². The van der Waals surface area contributed by atoms with Gasteiger partial charge in [0.25, 0.3) is 0 Å². The summed E-state index contributed by atoms with van der Waals surface area (Å²) in [6, 6.07) is 0.811. The summed E-state index contributed by atoms with van der Waals surface area (Å²) in [4.78, 5) is 15.1. The Bertz CT molecular complexity index is 381. The molecule has 2 rings (SSSR count). The van der Waals surface area contributed by atoms with Crippen LogP contribution in [0.4, 0.5) is 0 Å². The minimum Gasteiger partial charge on any atom is -0.465 e.